The van der Waals surface area contributed by atoms with Crippen LogP contribution in [-0.4, -0.2) is 28.0 Å². The van der Waals surface area contributed by atoms with E-state index < -0.39 is 16.0 Å². The van der Waals surface area contributed by atoms with Crippen molar-refractivity contribution in [3.63, 3.8) is 0 Å². The van der Waals surface area contributed by atoms with E-state index in [9.17, 15) is 13.2 Å². The second-order valence-corrected chi connectivity index (χ2v) is 7.69. The minimum absolute atomic E-state index is 0.00875. The van der Waals surface area contributed by atoms with Crippen molar-refractivity contribution < 1.29 is 17.9 Å². The Balaban J connectivity index is 3.05. The molecule has 0 bridgehead atoms. The average molecular weight is 314 g/mol. The summed E-state index contributed by atoms with van der Waals surface area (Å²) in [6, 6.07) is 4.04. The van der Waals surface area contributed by atoms with Crippen LogP contribution in [0.25, 0.3) is 0 Å². The summed E-state index contributed by atoms with van der Waals surface area (Å²) >= 11 is 0. The van der Waals surface area contributed by atoms with E-state index in [2.05, 4.69) is 9.46 Å². The van der Waals surface area contributed by atoms with Gasteiger partial charge in [0.1, 0.15) is 0 Å². The van der Waals surface area contributed by atoms with Gasteiger partial charge in [-0.3, -0.25) is 0 Å². The molecule has 0 radical (unpaired) electrons. The van der Waals surface area contributed by atoms with E-state index in [1.165, 1.54) is 25.3 Å². The maximum atomic E-state index is 12.3. The van der Waals surface area contributed by atoms with E-state index in [0.29, 0.717) is 12.1 Å². The Labute approximate surface area is 125 Å². The Morgan fingerprint density at radius 3 is 2.48 bits per heavy atom. The van der Waals surface area contributed by atoms with E-state index in [4.69, 9.17) is 5.73 Å². The van der Waals surface area contributed by atoms with Crippen molar-refractivity contribution >= 4 is 21.7 Å². The lowest BCUT2D eigenvalue weighted by Crippen LogP contribution is -2.29. The number of methoxy groups -OCH3 is 1. The monoisotopic (exact) mass is 314 g/mol. The van der Waals surface area contributed by atoms with Crippen LogP contribution < -0.4 is 10.5 Å². The quantitative estimate of drug-likeness (QED) is 0.637. The molecule has 0 spiro atoms. The normalized spacial score (nSPS) is 12.2. The number of hydrogen-bond acceptors (Lipinski definition) is 5. The number of carbonyl (C=O) groups is 1. The highest BCUT2D eigenvalue weighted by atomic mass is 32.2. The van der Waals surface area contributed by atoms with Crippen LogP contribution in [0.15, 0.2) is 23.1 Å². The third-order valence-electron chi connectivity index (χ3n) is 2.87. The predicted octanol–water partition coefficient (Wildman–Crippen LogP) is 1.77. The number of esters is 1. The van der Waals surface area contributed by atoms with Crippen LogP contribution in [0.4, 0.5) is 5.69 Å². The fraction of sp³-hybridized carbons (Fsp3) is 0.500. The topological polar surface area (TPSA) is 98.5 Å². The SMILES string of the molecule is COC(=O)c1cc(N)ccc1S(=O)(=O)NCCC(C)(C)C. The number of nitrogens with one attached hydrogen (secondary N) is 1. The highest BCUT2D eigenvalue weighted by Gasteiger charge is 2.23. The second-order valence-electron chi connectivity index (χ2n) is 5.96. The maximum absolute atomic E-state index is 12.3. The Morgan fingerprint density at radius 1 is 1.33 bits per heavy atom. The number of anilines is 1. The van der Waals surface area contributed by atoms with Crippen LogP contribution in [-0.2, 0) is 14.8 Å². The van der Waals surface area contributed by atoms with Crippen molar-refractivity contribution in [3.8, 4) is 0 Å². The largest absolute Gasteiger partial charge is 0.465 e. The smallest absolute Gasteiger partial charge is 0.339 e. The van der Waals surface area contributed by atoms with Gasteiger partial charge in [0, 0.05) is 12.2 Å². The molecule has 0 amide bonds. The highest BCUT2D eigenvalue weighted by molar-refractivity contribution is 7.89. The number of nitrogen functional groups attached to an aromatic ring is 1. The highest BCUT2D eigenvalue weighted by Crippen LogP contribution is 2.21. The van der Waals surface area contributed by atoms with E-state index in [0.717, 1.165) is 0 Å². The molecule has 1 aromatic rings. The average Bonchev–Trinajstić information content (AvgIpc) is 2.35. The Hall–Kier alpha value is -1.60. The molecule has 0 aliphatic carbocycles. The summed E-state index contributed by atoms with van der Waals surface area (Å²) in [4.78, 5) is 11.6. The first-order valence-electron chi connectivity index (χ1n) is 6.54. The van der Waals surface area contributed by atoms with E-state index >= 15 is 0 Å². The van der Waals surface area contributed by atoms with Gasteiger partial charge in [0.15, 0.2) is 0 Å². The summed E-state index contributed by atoms with van der Waals surface area (Å²) in [6.45, 7) is 6.34. The van der Waals surface area contributed by atoms with Gasteiger partial charge in [0.05, 0.1) is 17.6 Å². The van der Waals surface area contributed by atoms with Crippen LogP contribution in [0.2, 0.25) is 0 Å². The fourth-order valence-electron chi connectivity index (χ4n) is 1.69. The number of nitrogens with two attached hydrogens (primary N) is 1. The molecule has 118 valence electrons. The van der Waals surface area contributed by atoms with Crippen molar-refractivity contribution in [1.29, 1.82) is 0 Å². The van der Waals surface area contributed by atoms with Crippen molar-refractivity contribution in [2.45, 2.75) is 32.1 Å². The molecule has 3 N–H and O–H groups in total. The molecule has 0 saturated heterocycles. The molecule has 0 aliphatic rings. The lowest BCUT2D eigenvalue weighted by atomic mass is 9.93. The number of hydrogen-bond donors (Lipinski definition) is 2. The molecular weight excluding hydrogens is 292 g/mol. The maximum Gasteiger partial charge on any atom is 0.339 e. The third kappa shape index (κ3) is 5.02. The molecule has 6 nitrogen and oxygen atoms in total. The van der Waals surface area contributed by atoms with Crippen molar-refractivity contribution in [2.75, 3.05) is 19.4 Å². The minimum Gasteiger partial charge on any atom is -0.465 e. The number of ether oxygens (including phenoxy) is 1. The van der Waals surface area contributed by atoms with Gasteiger partial charge in [-0.2, -0.15) is 0 Å². The van der Waals surface area contributed by atoms with Gasteiger partial charge in [-0.25, -0.2) is 17.9 Å². The van der Waals surface area contributed by atoms with Crippen LogP contribution in [0.1, 0.15) is 37.6 Å². The zero-order valence-electron chi connectivity index (χ0n) is 12.8. The van der Waals surface area contributed by atoms with E-state index in [1.807, 2.05) is 20.8 Å². The number of sulfonamides is 1. The lowest BCUT2D eigenvalue weighted by Gasteiger charge is -2.18. The van der Waals surface area contributed by atoms with E-state index in [1.54, 1.807) is 0 Å². The summed E-state index contributed by atoms with van der Waals surface area (Å²) in [6.07, 6.45) is 0.675. The molecule has 0 aromatic heterocycles. The Bertz CT molecular complexity index is 618. The fourth-order valence-corrected chi connectivity index (χ4v) is 2.89. The summed E-state index contributed by atoms with van der Waals surface area (Å²) in [5.74, 6) is -0.738. The van der Waals surface area contributed by atoms with Crippen LogP contribution in [0.5, 0.6) is 0 Å². The molecule has 0 atom stereocenters. The van der Waals surface area contributed by atoms with E-state index in [-0.39, 0.29) is 22.4 Å². The first kappa shape index (κ1) is 17.5. The van der Waals surface area contributed by atoms with Crippen LogP contribution >= 0.6 is 0 Å². The van der Waals surface area contributed by atoms with Gasteiger partial charge >= 0.3 is 5.97 Å². The Kier molecular flexibility index (Phi) is 5.36. The molecule has 1 aromatic carbocycles. The van der Waals surface area contributed by atoms with Gasteiger partial charge in [-0.15, -0.1) is 0 Å². The molecule has 0 aliphatic heterocycles. The van der Waals surface area contributed by atoms with Gasteiger partial charge in [0.25, 0.3) is 0 Å². The first-order chi connectivity index (χ1) is 9.57. The molecule has 1 rings (SSSR count). The molecule has 7 heteroatoms. The molecular formula is C14H22N2O4S. The van der Waals surface area contributed by atoms with Gasteiger partial charge < -0.3 is 10.5 Å². The van der Waals surface area contributed by atoms with Crippen molar-refractivity contribution in [2.24, 2.45) is 5.41 Å². The standard InChI is InChI=1S/C14H22N2O4S/c1-14(2,3)7-8-16-21(18,19)12-6-5-10(15)9-11(12)13(17)20-4/h5-6,9,16H,7-8,15H2,1-4H3. The summed E-state index contributed by atoms with van der Waals surface area (Å²) in [5, 5.41) is 0. The number of carbonyl (C=O) groups excluding carboxylic acids is 1. The summed E-state index contributed by atoms with van der Waals surface area (Å²) in [7, 11) is -2.60. The van der Waals surface area contributed by atoms with Gasteiger partial charge in [-0.05, 0) is 30.0 Å². The van der Waals surface area contributed by atoms with Gasteiger partial charge in [0.2, 0.25) is 10.0 Å². The van der Waals surface area contributed by atoms with Crippen molar-refractivity contribution in [1.82, 2.24) is 4.72 Å². The third-order valence-corrected chi connectivity index (χ3v) is 4.38. The molecule has 0 unspecified atom stereocenters. The summed E-state index contributed by atoms with van der Waals surface area (Å²) in [5.41, 5.74) is 5.83. The lowest BCUT2D eigenvalue weighted by molar-refractivity contribution is 0.0596. The molecule has 21 heavy (non-hydrogen) atoms. The molecule has 0 heterocycles. The van der Waals surface area contributed by atoms with Crippen LogP contribution in [0.3, 0.4) is 0 Å². The zero-order chi connectivity index (χ0) is 16.3. The van der Waals surface area contributed by atoms with Crippen molar-refractivity contribution in [3.05, 3.63) is 23.8 Å². The number of benzene rings is 1. The molecule has 0 saturated carbocycles. The first-order valence-corrected chi connectivity index (χ1v) is 8.03. The summed E-state index contributed by atoms with van der Waals surface area (Å²) < 4.78 is 31.7. The molecule has 0 fully saturated rings. The number of rotatable bonds is 5. The Morgan fingerprint density at radius 2 is 1.95 bits per heavy atom. The zero-order valence-corrected chi connectivity index (χ0v) is 13.6. The van der Waals surface area contributed by atoms with Crippen LogP contribution in [0, 0.1) is 5.41 Å². The second kappa shape index (κ2) is 6.44. The van der Waals surface area contributed by atoms with Gasteiger partial charge in [-0.1, -0.05) is 20.8 Å². The predicted molar refractivity (Wildman–Crippen MR) is 81.5 cm³/mol. The minimum atomic E-state index is -3.79.